The molecule has 1 fully saturated rings. The number of carboxylic acid groups (broad SMARTS) is 2. The minimum absolute atomic E-state index is 0.330. The van der Waals surface area contributed by atoms with E-state index < -0.39 is 52.4 Å². The van der Waals surface area contributed by atoms with Crippen LogP contribution < -0.4 is 10.1 Å². The third-order valence-electron chi connectivity index (χ3n) is 4.55. The van der Waals surface area contributed by atoms with Crippen LogP contribution in [0.25, 0.3) is 0 Å². The molecular formula is C21H18F5NO5. The normalized spacial score (nSPS) is 15.0. The van der Waals surface area contributed by atoms with Crippen LogP contribution in [0.15, 0.2) is 42.5 Å². The number of piperidine rings is 1. The van der Waals surface area contributed by atoms with Crippen molar-refractivity contribution in [3.63, 3.8) is 0 Å². The molecule has 0 radical (unpaired) electrons. The van der Waals surface area contributed by atoms with Crippen molar-refractivity contribution in [2.45, 2.75) is 18.4 Å². The van der Waals surface area contributed by atoms with Crippen LogP contribution in [0.2, 0.25) is 0 Å². The molecule has 3 N–H and O–H groups in total. The van der Waals surface area contributed by atoms with E-state index in [0.717, 1.165) is 0 Å². The Balaban J connectivity index is 0.000000390. The summed E-state index contributed by atoms with van der Waals surface area (Å²) in [5.41, 5.74) is -0.541. The first kappa shape index (κ1) is 24.8. The Labute approximate surface area is 178 Å². The highest BCUT2D eigenvalue weighted by Gasteiger charge is 2.39. The van der Waals surface area contributed by atoms with Crippen LogP contribution in [-0.2, 0) is 15.2 Å². The number of carbonyl (C=O) groups is 2. The van der Waals surface area contributed by atoms with E-state index in [0.29, 0.717) is 43.6 Å². The molecule has 0 unspecified atom stereocenters. The van der Waals surface area contributed by atoms with Gasteiger partial charge in [0, 0.05) is 25.0 Å². The lowest BCUT2D eigenvalue weighted by Gasteiger charge is -2.38. The van der Waals surface area contributed by atoms with E-state index in [9.17, 15) is 31.5 Å². The molecule has 3 rings (SSSR count). The average molecular weight is 459 g/mol. The van der Waals surface area contributed by atoms with Gasteiger partial charge in [0.05, 0.1) is 0 Å². The van der Waals surface area contributed by atoms with Gasteiger partial charge in [0.1, 0.15) is 5.60 Å². The average Bonchev–Trinajstić information content (AvgIpc) is 2.79. The molecule has 32 heavy (non-hydrogen) atoms. The molecule has 0 bridgehead atoms. The van der Waals surface area contributed by atoms with Crippen molar-refractivity contribution in [2.24, 2.45) is 0 Å². The van der Waals surface area contributed by atoms with E-state index in [1.54, 1.807) is 30.3 Å². The highest BCUT2D eigenvalue weighted by Crippen LogP contribution is 2.39. The Kier molecular flexibility index (Phi) is 8.30. The summed E-state index contributed by atoms with van der Waals surface area (Å²) in [7, 11) is 0. The van der Waals surface area contributed by atoms with Gasteiger partial charge in [-0.3, -0.25) is 0 Å². The molecule has 1 aliphatic rings. The molecule has 0 amide bonds. The molecule has 6 nitrogen and oxygen atoms in total. The van der Waals surface area contributed by atoms with Gasteiger partial charge >= 0.3 is 11.9 Å². The lowest BCUT2D eigenvalue weighted by atomic mass is 9.84. The van der Waals surface area contributed by atoms with Crippen molar-refractivity contribution in [3.8, 4) is 5.75 Å². The van der Waals surface area contributed by atoms with E-state index in [1.807, 2.05) is 0 Å². The van der Waals surface area contributed by atoms with Crippen LogP contribution in [0, 0.1) is 29.1 Å². The lowest BCUT2D eigenvalue weighted by Crippen LogP contribution is -2.44. The molecule has 11 heteroatoms. The number of halogens is 5. The lowest BCUT2D eigenvalue weighted by molar-refractivity contribution is -0.134. The Morgan fingerprint density at radius 1 is 0.812 bits per heavy atom. The van der Waals surface area contributed by atoms with E-state index in [2.05, 4.69) is 5.32 Å². The van der Waals surface area contributed by atoms with Gasteiger partial charge in [-0.15, -0.1) is 0 Å². The fourth-order valence-electron chi connectivity index (χ4n) is 3.03. The van der Waals surface area contributed by atoms with Crippen molar-refractivity contribution < 1.29 is 46.5 Å². The number of carboxylic acids is 2. The summed E-state index contributed by atoms with van der Waals surface area (Å²) in [4.78, 5) is 19.1. The molecule has 0 saturated carbocycles. The predicted octanol–water partition coefficient (Wildman–Crippen LogP) is 3.75. The van der Waals surface area contributed by atoms with Gasteiger partial charge in [0.25, 0.3) is 0 Å². The first-order valence-corrected chi connectivity index (χ1v) is 9.19. The summed E-state index contributed by atoms with van der Waals surface area (Å²) in [6.07, 6.45) is 1.78. The maximum atomic E-state index is 14.0. The number of hydrogen-bond donors (Lipinski definition) is 3. The summed E-state index contributed by atoms with van der Waals surface area (Å²) >= 11 is 0. The van der Waals surface area contributed by atoms with E-state index in [1.165, 1.54) is 0 Å². The fourth-order valence-corrected chi connectivity index (χ4v) is 3.03. The van der Waals surface area contributed by atoms with Crippen molar-refractivity contribution in [2.75, 3.05) is 13.1 Å². The highest BCUT2D eigenvalue weighted by molar-refractivity contribution is 5.89. The van der Waals surface area contributed by atoms with Crippen molar-refractivity contribution >= 4 is 11.9 Å². The minimum atomic E-state index is -2.20. The van der Waals surface area contributed by atoms with E-state index >= 15 is 0 Å². The second kappa shape index (κ2) is 10.7. The Hall–Kier alpha value is -3.47. The van der Waals surface area contributed by atoms with Crippen molar-refractivity contribution in [1.82, 2.24) is 5.32 Å². The summed E-state index contributed by atoms with van der Waals surface area (Å²) in [5.74, 6) is -13.9. The van der Waals surface area contributed by atoms with Crippen molar-refractivity contribution in [3.05, 3.63) is 77.1 Å². The summed E-state index contributed by atoms with van der Waals surface area (Å²) in [6, 6.07) is 8.62. The molecule has 0 spiro atoms. The first-order valence-electron chi connectivity index (χ1n) is 9.19. The number of rotatable bonds is 5. The molecule has 1 saturated heterocycles. The number of ether oxygens (including phenoxy) is 1. The van der Waals surface area contributed by atoms with Crippen LogP contribution in [0.3, 0.4) is 0 Å². The highest BCUT2D eigenvalue weighted by atomic mass is 19.2. The number of aliphatic carboxylic acids is 2. The predicted molar refractivity (Wildman–Crippen MR) is 101 cm³/mol. The summed E-state index contributed by atoms with van der Waals surface area (Å²) < 4.78 is 73.5. The Morgan fingerprint density at radius 3 is 1.69 bits per heavy atom. The quantitative estimate of drug-likeness (QED) is 0.273. The van der Waals surface area contributed by atoms with E-state index in [-0.39, 0.29) is 0 Å². The van der Waals surface area contributed by atoms with Gasteiger partial charge in [-0.25, -0.2) is 22.8 Å². The number of benzene rings is 2. The zero-order chi connectivity index (χ0) is 23.9. The van der Waals surface area contributed by atoms with Gasteiger partial charge in [0.15, 0.2) is 5.75 Å². The van der Waals surface area contributed by atoms with Crippen molar-refractivity contribution in [1.29, 1.82) is 0 Å². The van der Waals surface area contributed by atoms with Gasteiger partial charge in [-0.2, -0.15) is 8.78 Å². The number of nitrogens with one attached hydrogen (secondary N) is 1. The number of hydrogen-bond acceptors (Lipinski definition) is 4. The van der Waals surface area contributed by atoms with Crippen LogP contribution in [0.5, 0.6) is 5.75 Å². The molecule has 2 aromatic carbocycles. The molecule has 2 aromatic rings. The first-order chi connectivity index (χ1) is 15.1. The van der Waals surface area contributed by atoms with Crippen LogP contribution in [0.4, 0.5) is 22.0 Å². The fraction of sp³-hybridized carbons (Fsp3) is 0.238. The zero-order valence-electron chi connectivity index (χ0n) is 16.4. The van der Waals surface area contributed by atoms with Gasteiger partial charge in [0.2, 0.25) is 29.1 Å². The zero-order valence-corrected chi connectivity index (χ0v) is 16.4. The smallest absolute Gasteiger partial charge is 0.328 e. The Morgan fingerprint density at radius 2 is 1.25 bits per heavy atom. The SMILES string of the molecule is Fc1c(F)c(F)c(OC2(c3ccccc3)CCNCC2)c(F)c1F.O=C(O)C=CC(=O)O. The second-order valence-electron chi connectivity index (χ2n) is 6.62. The molecule has 1 heterocycles. The molecule has 1 aliphatic heterocycles. The molecule has 0 aliphatic carbocycles. The Bertz CT molecular complexity index is 962. The van der Waals surface area contributed by atoms with Crippen LogP contribution >= 0.6 is 0 Å². The van der Waals surface area contributed by atoms with Gasteiger partial charge in [-0.1, -0.05) is 30.3 Å². The van der Waals surface area contributed by atoms with Gasteiger partial charge < -0.3 is 20.3 Å². The maximum Gasteiger partial charge on any atom is 0.328 e. The minimum Gasteiger partial charge on any atom is -0.478 e. The monoisotopic (exact) mass is 459 g/mol. The molecule has 0 aromatic heterocycles. The standard InChI is InChI=1S/C17H14F5NO.C4H4O4/c18-11-12(19)14(21)16(15(22)13(11)20)24-17(6-8-23-9-7-17)10-4-2-1-3-5-10;5-3(6)1-2-4(7)8/h1-5,23H,6-9H2;1-2H,(H,5,6)(H,7,8). The molecule has 172 valence electrons. The van der Waals surface area contributed by atoms with Crippen LogP contribution in [-0.4, -0.2) is 35.2 Å². The largest absolute Gasteiger partial charge is 0.478 e. The third kappa shape index (κ3) is 5.82. The van der Waals surface area contributed by atoms with E-state index in [4.69, 9.17) is 14.9 Å². The van der Waals surface area contributed by atoms with Crippen LogP contribution in [0.1, 0.15) is 18.4 Å². The van der Waals surface area contributed by atoms with Gasteiger partial charge in [-0.05, 0) is 18.7 Å². The topological polar surface area (TPSA) is 95.9 Å². The maximum absolute atomic E-state index is 14.0. The summed E-state index contributed by atoms with van der Waals surface area (Å²) in [6.45, 7) is 0.981. The second-order valence-corrected chi connectivity index (χ2v) is 6.62. The summed E-state index contributed by atoms with van der Waals surface area (Å²) in [5, 5.41) is 18.7. The molecule has 0 atom stereocenters. The molecular weight excluding hydrogens is 441 g/mol. The third-order valence-corrected chi connectivity index (χ3v) is 4.55.